The second-order valence-electron chi connectivity index (χ2n) is 9.95. The molecule has 0 bridgehead atoms. The minimum Gasteiger partial charge on any atom is -0.486 e. The molecule has 8 heteroatoms. The van der Waals surface area contributed by atoms with Gasteiger partial charge in [0.25, 0.3) is 5.91 Å². The Bertz CT molecular complexity index is 1190. The lowest BCUT2D eigenvalue weighted by Crippen LogP contribution is -2.52. The molecule has 4 aliphatic rings. The molecular formula is C27H29N3O5. The van der Waals surface area contributed by atoms with Crippen LogP contribution in [-0.4, -0.2) is 66.0 Å². The number of ketones is 1. The van der Waals surface area contributed by atoms with E-state index in [0.29, 0.717) is 69.0 Å². The minimum atomic E-state index is -0.835. The van der Waals surface area contributed by atoms with Crippen molar-refractivity contribution in [2.75, 3.05) is 33.0 Å². The molecule has 2 aromatic rings. The van der Waals surface area contributed by atoms with Gasteiger partial charge in [0, 0.05) is 31.0 Å². The van der Waals surface area contributed by atoms with E-state index in [2.05, 4.69) is 16.3 Å². The second kappa shape index (κ2) is 8.68. The van der Waals surface area contributed by atoms with Gasteiger partial charge in [-0.05, 0) is 55.0 Å². The molecule has 1 atom stereocenters. The molecule has 2 saturated heterocycles. The lowest BCUT2D eigenvalue weighted by atomic mass is 9.78. The van der Waals surface area contributed by atoms with Crippen molar-refractivity contribution in [3.63, 3.8) is 0 Å². The summed E-state index contributed by atoms with van der Waals surface area (Å²) in [5.41, 5.74) is 2.19. The zero-order chi connectivity index (χ0) is 24.0. The van der Waals surface area contributed by atoms with Crippen LogP contribution in [0, 0.1) is 5.92 Å². The summed E-state index contributed by atoms with van der Waals surface area (Å²) in [6.07, 6.45) is 3.32. The molecule has 35 heavy (non-hydrogen) atoms. The summed E-state index contributed by atoms with van der Waals surface area (Å²) in [5.74, 6) is 1.19. The van der Waals surface area contributed by atoms with Crippen LogP contribution in [0.2, 0.25) is 0 Å². The van der Waals surface area contributed by atoms with Crippen LogP contribution in [0.1, 0.15) is 40.7 Å². The van der Waals surface area contributed by atoms with Crippen LogP contribution in [0.5, 0.6) is 11.5 Å². The third-order valence-electron chi connectivity index (χ3n) is 7.80. The maximum absolute atomic E-state index is 13.4. The highest BCUT2D eigenvalue weighted by Crippen LogP contribution is 2.35. The largest absolute Gasteiger partial charge is 0.486 e. The van der Waals surface area contributed by atoms with Gasteiger partial charge in [0.2, 0.25) is 0 Å². The number of piperidine rings is 1. The molecule has 3 amide bonds. The van der Waals surface area contributed by atoms with E-state index in [1.807, 2.05) is 18.2 Å². The fraction of sp³-hybridized carbons (Fsp3) is 0.444. The number of benzene rings is 2. The number of nitrogens with one attached hydrogen (secondary N) is 1. The van der Waals surface area contributed by atoms with Gasteiger partial charge < -0.3 is 14.8 Å². The van der Waals surface area contributed by atoms with Crippen LogP contribution in [0.25, 0.3) is 0 Å². The Hall–Kier alpha value is -3.39. The summed E-state index contributed by atoms with van der Waals surface area (Å²) >= 11 is 0. The Balaban J connectivity index is 1.07. The van der Waals surface area contributed by atoms with Crippen LogP contribution in [0.4, 0.5) is 4.79 Å². The summed E-state index contributed by atoms with van der Waals surface area (Å²) < 4.78 is 11.2. The number of hydrogen-bond acceptors (Lipinski definition) is 6. The lowest BCUT2D eigenvalue weighted by Gasteiger charge is -2.34. The van der Waals surface area contributed by atoms with Gasteiger partial charge >= 0.3 is 6.03 Å². The maximum atomic E-state index is 13.4. The van der Waals surface area contributed by atoms with E-state index in [1.165, 1.54) is 10.5 Å². The Morgan fingerprint density at radius 1 is 1.00 bits per heavy atom. The van der Waals surface area contributed by atoms with Gasteiger partial charge in [0.05, 0.1) is 6.67 Å². The number of rotatable bonds is 4. The van der Waals surface area contributed by atoms with Gasteiger partial charge in [0.1, 0.15) is 18.8 Å². The van der Waals surface area contributed by atoms with Crippen LogP contribution in [0.15, 0.2) is 42.5 Å². The van der Waals surface area contributed by atoms with E-state index in [-0.39, 0.29) is 30.3 Å². The van der Waals surface area contributed by atoms with Crippen LogP contribution >= 0.6 is 0 Å². The number of imide groups is 1. The molecule has 0 saturated carbocycles. The first-order valence-electron chi connectivity index (χ1n) is 12.4. The molecule has 1 N–H and O–H groups in total. The van der Waals surface area contributed by atoms with E-state index in [0.717, 1.165) is 12.0 Å². The van der Waals surface area contributed by atoms with Crippen molar-refractivity contribution in [1.29, 1.82) is 0 Å². The molecule has 2 aromatic carbocycles. The summed E-state index contributed by atoms with van der Waals surface area (Å²) in [7, 11) is 0. The van der Waals surface area contributed by atoms with Crippen molar-refractivity contribution in [1.82, 2.24) is 15.1 Å². The number of hydrogen-bond donors (Lipinski definition) is 1. The number of nitrogens with zero attached hydrogens (tertiary/aromatic N) is 2. The van der Waals surface area contributed by atoms with Crippen LogP contribution in [-0.2, 0) is 17.6 Å². The van der Waals surface area contributed by atoms with Gasteiger partial charge in [-0.25, -0.2) is 9.69 Å². The van der Waals surface area contributed by atoms with Crippen molar-refractivity contribution < 1.29 is 23.9 Å². The van der Waals surface area contributed by atoms with Crippen LogP contribution < -0.4 is 14.8 Å². The number of carbonyl (C=O) groups excluding carboxylic acids is 3. The Kier molecular flexibility index (Phi) is 5.48. The Morgan fingerprint density at radius 2 is 1.74 bits per heavy atom. The zero-order valence-corrected chi connectivity index (χ0v) is 19.6. The number of fused-ring (bicyclic) bond motifs is 2. The molecule has 3 aliphatic heterocycles. The summed E-state index contributed by atoms with van der Waals surface area (Å²) in [5, 5.41) is 3.01. The molecule has 182 valence electrons. The molecule has 0 radical (unpaired) electrons. The van der Waals surface area contributed by atoms with E-state index in [9.17, 15) is 14.4 Å². The first kappa shape index (κ1) is 22.1. The highest BCUT2D eigenvalue weighted by atomic mass is 16.6. The molecule has 1 aliphatic carbocycles. The first-order valence-corrected chi connectivity index (χ1v) is 12.4. The third-order valence-corrected chi connectivity index (χ3v) is 7.80. The van der Waals surface area contributed by atoms with Gasteiger partial charge in [-0.3, -0.25) is 14.5 Å². The van der Waals surface area contributed by atoms with Crippen molar-refractivity contribution >= 4 is 17.7 Å². The number of ether oxygens (including phenoxy) is 2. The average Bonchev–Trinajstić information content (AvgIpc) is 3.12. The van der Waals surface area contributed by atoms with Gasteiger partial charge in [0.15, 0.2) is 17.3 Å². The van der Waals surface area contributed by atoms with Gasteiger partial charge in [-0.1, -0.05) is 24.3 Å². The Morgan fingerprint density at radius 3 is 2.54 bits per heavy atom. The average molecular weight is 476 g/mol. The summed E-state index contributed by atoms with van der Waals surface area (Å²) in [6, 6.07) is 13.2. The zero-order valence-electron chi connectivity index (χ0n) is 19.6. The quantitative estimate of drug-likeness (QED) is 0.541. The fourth-order valence-electron chi connectivity index (χ4n) is 5.80. The molecule has 6 rings (SSSR count). The van der Waals surface area contributed by atoms with E-state index < -0.39 is 5.54 Å². The van der Waals surface area contributed by atoms with Crippen molar-refractivity contribution in [3.05, 3.63) is 59.2 Å². The number of aryl methyl sites for hydroxylation is 1. The Labute approximate surface area is 204 Å². The maximum Gasteiger partial charge on any atom is 0.326 e. The molecule has 1 unspecified atom stereocenters. The van der Waals surface area contributed by atoms with Crippen molar-refractivity contribution in [3.8, 4) is 11.5 Å². The van der Waals surface area contributed by atoms with Gasteiger partial charge in [-0.2, -0.15) is 0 Å². The number of Topliss-reactive ketones (excluding diaryl/α,β-unsaturated/α-hetero) is 1. The predicted octanol–water partition coefficient (Wildman–Crippen LogP) is 2.79. The fourth-order valence-corrected chi connectivity index (χ4v) is 5.80. The smallest absolute Gasteiger partial charge is 0.326 e. The summed E-state index contributed by atoms with van der Waals surface area (Å²) in [6.45, 7) is 2.59. The van der Waals surface area contributed by atoms with E-state index in [4.69, 9.17) is 9.47 Å². The molecular weight excluding hydrogens is 446 g/mol. The molecule has 2 fully saturated rings. The molecule has 3 heterocycles. The lowest BCUT2D eigenvalue weighted by molar-refractivity contribution is -0.133. The molecule has 8 nitrogen and oxygen atoms in total. The predicted molar refractivity (Wildman–Crippen MR) is 128 cm³/mol. The number of amides is 3. The standard InChI is InChI=1S/C27H29N3O5/c31-24(20-5-6-22-23(15-20)35-14-13-34-22)19-8-11-29(12-9-19)17-30-25(32)27(28-26(30)33)10-7-18-3-1-2-4-21(18)16-27/h1-6,15,19H,7-14,16-17H2,(H,28,33). The van der Waals surface area contributed by atoms with Crippen molar-refractivity contribution in [2.24, 2.45) is 5.92 Å². The SMILES string of the molecule is O=C(c1ccc2c(c1)OCCO2)C1CCN(CN2C(=O)NC3(CCc4ccccc4C3)C2=O)CC1. The third kappa shape index (κ3) is 3.95. The topological polar surface area (TPSA) is 88.2 Å². The first-order chi connectivity index (χ1) is 17.0. The number of carbonyl (C=O) groups is 3. The minimum absolute atomic E-state index is 0.0851. The normalized spacial score (nSPS) is 24.4. The summed E-state index contributed by atoms with van der Waals surface area (Å²) in [4.78, 5) is 42.8. The van der Waals surface area contributed by atoms with E-state index >= 15 is 0 Å². The van der Waals surface area contributed by atoms with Gasteiger partial charge in [-0.15, -0.1) is 0 Å². The number of urea groups is 1. The molecule has 1 spiro atoms. The highest BCUT2D eigenvalue weighted by molar-refractivity contribution is 6.07. The highest BCUT2D eigenvalue weighted by Gasteiger charge is 2.52. The monoisotopic (exact) mass is 475 g/mol. The van der Waals surface area contributed by atoms with E-state index in [1.54, 1.807) is 18.2 Å². The van der Waals surface area contributed by atoms with Crippen LogP contribution in [0.3, 0.4) is 0 Å². The van der Waals surface area contributed by atoms with Crippen molar-refractivity contribution in [2.45, 2.75) is 37.6 Å². The number of likely N-dealkylation sites (tertiary alicyclic amines) is 1. The second-order valence-corrected chi connectivity index (χ2v) is 9.95. The molecule has 0 aromatic heterocycles.